The second-order valence-corrected chi connectivity index (χ2v) is 7.30. The topological polar surface area (TPSA) is 122 Å². The Morgan fingerprint density at radius 2 is 2.00 bits per heavy atom. The van der Waals surface area contributed by atoms with Crippen molar-refractivity contribution in [1.29, 1.82) is 5.41 Å². The van der Waals surface area contributed by atoms with E-state index in [-0.39, 0.29) is 0 Å². The summed E-state index contributed by atoms with van der Waals surface area (Å²) in [7, 11) is 3.43. The molecule has 0 aliphatic rings. The molecule has 4 rings (SSSR count). The number of anilines is 1. The number of ether oxygens (including phenoxy) is 2. The van der Waals surface area contributed by atoms with Crippen molar-refractivity contribution in [3.05, 3.63) is 72.7 Å². The Morgan fingerprint density at radius 3 is 2.76 bits per heavy atom. The van der Waals surface area contributed by atoms with Crippen LogP contribution in [0, 0.1) is 5.41 Å². The fourth-order valence-corrected chi connectivity index (χ4v) is 3.32. The predicted molar refractivity (Wildman–Crippen MR) is 131 cm³/mol. The van der Waals surface area contributed by atoms with Crippen LogP contribution >= 0.6 is 0 Å². The molecule has 10 nitrogen and oxygen atoms in total. The molecule has 0 unspecified atom stereocenters. The molecule has 0 aliphatic heterocycles. The lowest BCUT2D eigenvalue weighted by Gasteiger charge is -2.09. The largest absolute Gasteiger partial charge is 0.491 e. The van der Waals surface area contributed by atoms with Gasteiger partial charge in [-0.25, -0.2) is 15.0 Å². The van der Waals surface area contributed by atoms with E-state index in [2.05, 4.69) is 30.6 Å². The monoisotopic (exact) mass is 458 g/mol. The molecule has 0 spiro atoms. The summed E-state index contributed by atoms with van der Waals surface area (Å²) in [5.74, 6) is 1.43. The summed E-state index contributed by atoms with van der Waals surface area (Å²) in [6, 6.07) is 9.52. The molecule has 174 valence electrons. The molecule has 34 heavy (non-hydrogen) atoms. The number of hydrogen-bond donors (Lipinski definition) is 3. The van der Waals surface area contributed by atoms with Crippen molar-refractivity contribution in [2.45, 2.75) is 6.54 Å². The Bertz CT molecular complexity index is 1280. The van der Waals surface area contributed by atoms with E-state index in [0.717, 1.165) is 34.0 Å². The first-order chi connectivity index (χ1) is 16.7. The predicted octanol–water partition coefficient (Wildman–Crippen LogP) is 3.03. The van der Waals surface area contributed by atoms with Crippen molar-refractivity contribution >= 4 is 23.3 Å². The normalized spacial score (nSPS) is 11.4. The maximum Gasteiger partial charge on any atom is 0.140 e. The van der Waals surface area contributed by atoms with E-state index in [0.29, 0.717) is 31.1 Å². The third-order valence-electron chi connectivity index (χ3n) is 5.02. The van der Waals surface area contributed by atoms with E-state index in [4.69, 9.17) is 14.9 Å². The molecule has 0 amide bonds. The standard InChI is InChI=1S/C24H26N8O2/c1-26-14-18(11-25)20-4-3-17(12-27-20)13-28-23-10-21(30-16-31-23)22-15-29-24-9-19(5-6-32(22)24)34-8-7-33-2/h3-6,9-12,14-16,25-26H,7-8,13H2,1-2H3,(H,28,30,31)/b18-14+,25-11?. The van der Waals surface area contributed by atoms with Crippen molar-refractivity contribution in [3.8, 4) is 17.1 Å². The summed E-state index contributed by atoms with van der Waals surface area (Å²) in [4.78, 5) is 17.7. The van der Waals surface area contributed by atoms with Gasteiger partial charge in [0.1, 0.15) is 30.1 Å². The van der Waals surface area contributed by atoms with Gasteiger partial charge in [-0.05, 0) is 17.7 Å². The summed E-state index contributed by atoms with van der Waals surface area (Å²) in [5.41, 5.74) is 4.81. The molecule has 4 aromatic heterocycles. The molecule has 4 heterocycles. The third-order valence-corrected chi connectivity index (χ3v) is 5.02. The lowest BCUT2D eigenvalue weighted by molar-refractivity contribution is 0.146. The van der Waals surface area contributed by atoms with Gasteiger partial charge in [0.05, 0.1) is 29.9 Å². The van der Waals surface area contributed by atoms with Crippen LogP contribution in [0.1, 0.15) is 11.3 Å². The number of hydrogen-bond acceptors (Lipinski definition) is 9. The molecule has 10 heteroatoms. The Morgan fingerprint density at radius 1 is 1.09 bits per heavy atom. The van der Waals surface area contributed by atoms with E-state index in [1.807, 2.05) is 40.9 Å². The van der Waals surface area contributed by atoms with Gasteiger partial charge in [-0.1, -0.05) is 6.07 Å². The quantitative estimate of drug-likeness (QED) is 0.232. The first-order valence-electron chi connectivity index (χ1n) is 10.7. The van der Waals surface area contributed by atoms with Gasteiger partial charge >= 0.3 is 0 Å². The molecule has 3 N–H and O–H groups in total. The SMILES string of the molecule is CN/C=C(\C=N)c1ccc(CNc2cc(-c3cnc4cc(OCCOC)ccn34)ncn2)cn1. The van der Waals surface area contributed by atoms with Gasteiger partial charge in [0.15, 0.2) is 0 Å². The minimum Gasteiger partial charge on any atom is -0.491 e. The first-order valence-corrected chi connectivity index (χ1v) is 10.7. The molecule has 0 aromatic carbocycles. The average Bonchev–Trinajstić information content (AvgIpc) is 3.30. The number of nitrogens with one attached hydrogen (secondary N) is 3. The fourth-order valence-electron chi connectivity index (χ4n) is 3.32. The van der Waals surface area contributed by atoms with E-state index in [1.165, 1.54) is 12.5 Å². The number of methoxy groups -OCH3 is 1. The number of allylic oxidation sites excluding steroid dienone is 1. The Labute approximate surface area is 197 Å². The van der Waals surface area contributed by atoms with Gasteiger partial charge in [0.25, 0.3) is 0 Å². The highest BCUT2D eigenvalue weighted by Gasteiger charge is 2.10. The summed E-state index contributed by atoms with van der Waals surface area (Å²) >= 11 is 0. The van der Waals surface area contributed by atoms with Gasteiger partial charge in [-0.3, -0.25) is 9.38 Å². The number of aromatic nitrogens is 5. The Hall–Kier alpha value is -4.31. The molecule has 0 saturated heterocycles. The van der Waals surface area contributed by atoms with Crippen molar-refractivity contribution < 1.29 is 9.47 Å². The van der Waals surface area contributed by atoms with Crippen LogP contribution in [0.5, 0.6) is 5.75 Å². The maximum absolute atomic E-state index is 7.51. The smallest absolute Gasteiger partial charge is 0.140 e. The zero-order chi connectivity index (χ0) is 23.8. The second kappa shape index (κ2) is 11.0. The van der Waals surface area contributed by atoms with Crippen molar-refractivity contribution in [2.24, 2.45) is 0 Å². The highest BCUT2D eigenvalue weighted by molar-refractivity contribution is 6.07. The van der Waals surface area contributed by atoms with E-state index < -0.39 is 0 Å². The highest BCUT2D eigenvalue weighted by atomic mass is 16.5. The molecular formula is C24H26N8O2. The third kappa shape index (κ3) is 5.36. The minimum absolute atomic E-state index is 0.482. The van der Waals surface area contributed by atoms with Crippen LogP contribution < -0.4 is 15.4 Å². The molecule has 4 aromatic rings. The molecule has 0 saturated carbocycles. The van der Waals surface area contributed by atoms with Gasteiger partial charge in [0.2, 0.25) is 0 Å². The lowest BCUT2D eigenvalue weighted by Crippen LogP contribution is -2.05. The Kier molecular flexibility index (Phi) is 7.41. The summed E-state index contributed by atoms with van der Waals surface area (Å²) in [5, 5.41) is 13.7. The van der Waals surface area contributed by atoms with E-state index in [1.54, 1.807) is 32.8 Å². The van der Waals surface area contributed by atoms with E-state index in [9.17, 15) is 0 Å². The van der Waals surface area contributed by atoms with Crippen LogP contribution in [0.15, 0.2) is 61.4 Å². The number of rotatable bonds is 11. The number of nitrogens with zero attached hydrogens (tertiary/aromatic N) is 5. The van der Waals surface area contributed by atoms with Crippen molar-refractivity contribution in [2.75, 3.05) is 32.7 Å². The van der Waals surface area contributed by atoms with Crippen LogP contribution in [-0.2, 0) is 11.3 Å². The minimum atomic E-state index is 0.482. The van der Waals surface area contributed by atoms with Gasteiger partial charge in [0, 0.05) is 63.2 Å². The van der Waals surface area contributed by atoms with Crippen molar-refractivity contribution in [3.63, 3.8) is 0 Å². The van der Waals surface area contributed by atoms with Crippen LogP contribution in [0.2, 0.25) is 0 Å². The zero-order valence-corrected chi connectivity index (χ0v) is 19.0. The summed E-state index contributed by atoms with van der Waals surface area (Å²) in [6.07, 6.45) is 10.0. The zero-order valence-electron chi connectivity index (χ0n) is 19.0. The van der Waals surface area contributed by atoms with Gasteiger partial charge in [-0.15, -0.1) is 0 Å². The summed E-state index contributed by atoms with van der Waals surface area (Å²) in [6.45, 7) is 1.56. The van der Waals surface area contributed by atoms with Crippen LogP contribution in [-0.4, -0.2) is 57.9 Å². The average molecular weight is 459 g/mol. The van der Waals surface area contributed by atoms with E-state index >= 15 is 0 Å². The number of imidazole rings is 1. The molecule has 0 radical (unpaired) electrons. The fraction of sp³-hybridized carbons (Fsp3) is 0.208. The van der Waals surface area contributed by atoms with Crippen molar-refractivity contribution in [1.82, 2.24) is 29.7 Å². The van der Waals surface area contributed by atoms with Crippen LogP contribution in [0.25, 0.3) is 22.6 Å². The lowest BCUT2D eigenvalue weighted by atomic mass is 10.1. The molecular weight excluding hydrogens is 432 g/mol. The maximum atomic E-state index is 7.51. The highest BCUT2D eigenvalue weighted by Crippen LogP contribution is 2.23. The molecule has 0 atom stereocenters. The Balaban J connectivity index is 1.45. The second-order valence-electron chi connectivity index (χ2n) is 7.30. The number of fused-ring (bicyclic) bond motifs is 1. The molecule has 0 bridgehead atoms. The molecule has 0 fully saturated rings. The van der Waals surface area contributed by atoms with Crippen LogP contribution in [0.4, 0.5) is 5.82 Å². The van der Waals surface area contributed by atoms with Gasteiger partial charge < -0.3 is 25.5 Å². The molecule has 0 aliphatic carbocycles. The first kappa shape index (κ1) is 22.9. The summed E-state index contributed by atoms with van der Waals surface area (Å²) < 4.78 is 12.6. The van der Waals surface area contributed by atoms with Gasteiger partial charge in [-0.2, -0.15) is 0 Å². The number of pyridine rings is 2. The van der Waals surface area contributed by atoms with Crippen LogP contribution in [0.3, 0.4) is 0 Å².